The van der Waals surface area contributed by atoms with Crippen LogP contribution >= 0.6 is 0 Å². The van der Waals surface area contributed by atoms with Crippen LogP contribution in [0.5, 0.6) is 0 Å². The molecule has 1 amide bonds. The third-order valence-electron chi connectivity index (χ3n) is 4.40. The van der Waals surface area contributed by atoms with Gasteiger partial charge in [-0.05, 0) is 31.5 Å². The number of carbonyl (C=O) groups is 1. The van der Waals surface area contributed by atoms with Gasteiger partial charge in [0.1, 0.15) is 0 Å². The highest BCUT2D eigenvalue weighted by Crippen LogP contribution is 2.17. The number of aromatic nitrogens is 2. The summed E-state index contributed by atoms with van der Waals surface area (Å²) in [6.45, 7) is 6.13. The zero-order valence-corrected chi connectivity index (χ0v) is 15.7. The zero-order valence-electron chi connectivity index (χ0n) is 15.7. The molecule has 5 nitrogen and oxygen atoms in total. The van der Waals surface area contributed by atoms with Crippen LogP contribution in [-0.4, -0.2) is 29.0 Å². The van der Waals surface area contributed by atoms with Crippen LogP contribution in [0.4, 0.5) is 11.6 Å². The van der Waals surface area contributed by atoms with Gasteiger partial charge in [0.2, 0.25) is 5.95 Å². The predicted molar refractivity (Wildman–Crippen MR) is 109 cm³/mol. The molecule has 3 rings (SSSR count). The van der Waals surface area contributed by atoms with E-state index in [4.69, 9.17) is 0 Å². The molecule has 27 heavy (non-hydrogen) atoms. The fraction of sp³-hybridized carbons (Fsp3) is 0.227. The molecular weight excluding hydrogens is 336 g/mol. The summed E-state index contributed by atoms with van der Waals surface area (Å²) in [6, 6.07) is 19.9. The first-order valence-corrected chi connectivity index (χ1v) is 9.20. The molecule has 0 unspecified atom stereocenters. The van der Waals surface area contributed by atoms with Crippen LogP contribution in [0.15, 0.2) is 73.1 Å². The number of para-hydroxylation sites is 1. The van der Waals surface area contributed by atoms with E-state index in [1.165, 1.54) is 5.56 Å². The maximum absolute atomic E-state index is 12.9. The summed E-state index contributed by atoms with van der Waals surface area (Å²) in [4.78, 5) is 25.5. The summed E-state index contributed by atoms with van der Waals surface area (Å²) in [5.41, 5.74) is 2.55. The van der Waals surface area contributed by atoms with Crippen molar-refractivity contribution in [1.29, 1.82) is 0 Å². The average molecular weight is 360 g/mol. The van der Waals surface area contributed by atoms with E-state index in [0.717, 1.165) is 18.8 Å². The fourth-order valence-electron chi connectivity index (χ4n) is 2.93. The van der Waals surface area contributed by atoms with Gasteiger partial charge < -0.3 is 9.80 Å². The molecule has 0 fully saturated rings. The van der Waals surface area contributed by atoms with E-state index in [1.54, 1.807) is 17.3 Å². The largest absolute Gasteiger partial charge is 0.337 e. The Kier molecular flexibility index (Phi) is 6.15. The van der Waals surface area contributed by atoms with Gasteiger partial charge in [-0.1, -0.05) is 48.5 Å². The van der Waals surface area contributed by atoms with Crippen molar-refractivity contribution in [1.82, 2.24) is 9.97 Å². The van der Waals surface area contributed by atoms with E-state index < -0.39 is 0 Å². The van der Waals surface area contributed by atoms with Crippen LogP contribution in [0.1, 0.15) is 29.8 Å². The summed E-state index contributed by atoms with van der Waals surface area (Å²) in [5.74, 6) is 0.530. The first-order chi connectivity index (χ1) is 13.2. The number of rotatable bonds is 7. The second kappa shape index (κ2) is 8.94. The van der Waals surface area contributed by atoms with Gasteiger partial charge >= 0.3 is 0 Å². The van der Waals surface area contributed by atoms with Crippen molar-refractivity contribution in [3.63, 3.8) is 0 Å². The normalized spacial score (nSPS) is 10.4. The maximum Gasteiger partial charge on any atom is 0.261 e. The van der Waals surface area contributed by atoms with E-state index in [1.807, 2.05) is 55.5 Å². The Morgan fingerprint density at radius 3 is 2.00 bits per heavy atom. The molecule has 0 atom stereocenters. The molecule has 138 valence electrons. The average Bonchev–Trinajstić information content (AvgIpc) is 2.74. The molecule has 0 aliphatic heterocycles. The Bertz CT molecular complexity index is 851. The molecule has 2 aromatic carbocycles. The third-order valence-corrected chi connectivity index (χ3v) is 4.40. The van der Waals surface area contributed by atoms with E-state index in [2.05, 4.69) is 33.9 Å². The number of hydrogen-bond acceptors (Lipinski definition) is 4. The summed E-state index contributed by atoms with van der Waals surface area (Å²) in [6.07, 6.45) is 3.23. The molecule has 0 N–H and O–H groups in total. The number of nitrogens with zero attached hydrogens (tertiary/aromatic N) is 4. The number of benzene rings is 2. The molecular formula is C22H24N4O. The van der Waals surface area contributed by atoms with E-state index in [9.17, 15) is 4.79 Å². The standard InChI is InChI=1S/C22H24N4O/c1-3-25(17-18-11-7-5-8-12-18)22-23-15-19(16-24-22)21(27)26(4-2)20-13-9-6-10-14-20/h5-16H,3-4,17H2,1-2H3. The monoisotopic (exact) mass is 360 g/mol. The van der Waals surface area contributed by atoms with Gasteiger partial charge in [-0.25, -0.2) is 9.97 Å². The molecule has 0 saturated carbocycles. The van der Waals surface area contributed by atoms with Gasteiger partial charge in [0, 0.05) is 37.7 Å². The van der Waals surface area contributed by atoms with E-state index in [-0.39, 0.29) is 5.91 Å². The van der Waals surface area contributed by atoms with Crippen LogP contribution in [-0.2, 0) is 6.54 Å². The minimum absolute atomic E-state index is 0.0960. The quantitative estimate of drug-likeness (QED) is 0.634. The predicted octanol–water partition coefficient (Wildman–Crippen LogP) is 4.17. The van der Waals surface area contributed by atoms with Gasteiger partial charge in [0.05, 0.1) is 5.56 Å². The van der Waals surface area contributed by atoms with Gasteiger partial charge in [-0.3, -0.25) is 4.79 Å². The lowest BCUT2D eigenvalue weighted by molar-refractivity contribution is 0.0987. The molecule has 3 aromatic rings. The van der Waals surface area contributed by atoms with Gasteiger partial charge in [0.25, 0.3) is 5.91 Å². The maximum atomic E-state index is 12.9. The van der Waals surface area contributed by atoms with Gasteiger partial charge in [-0.2, -0.15) is 0 Å². The topological polar surface area (TPSA) is 49.3 Å². The number of anilines is 2. The van der Waals surface area contributed by atoms with Crippen molar-refractivity contribution < 1.29 is 4.79 Å². The Morgan fingerprint density at radius 1 is 0.852 bits per heavy atom. The van der Waals surface area contributed by atoms with E-state index >= 15 is 0 Å². The number of amides is 1. The molecule has 5 heteroatoms. The highest BCUT2D eigenvalue weighted by Gasteiger charge is 2.17. The van der Waals surface area contributed by atoms with Crippen molar-refractivity contribution in [2.75, 3.05) is 22.9 Å². The Labute approximate surface area is 160 Å². The lowest BCUT2D eigenvalue weighted by Crippen LogP contribution is -2.31. The summed E-state index contributed by atoms with van der Waals surface area (Å²) in [7, 11) is 0. The molecule has 0 spiro atoms. The van der Waals surface area contributed by atoms with Crippen molar-refractivity contribution in [3.8, 4) is 0 Å². The molecule has 0 aliphatic carbocycles. The van der Waals surface area contributed by atoms with Crippen LogP contribution in [0.25, 0.3) is 0 Å². The second-order valence-corrected chi connectivity index (χ2v) is 6.16. The molecule has 0 saturated heterocycles. The summed E-state index contributed by atoms with van der Waals surface area (Å²) in [5, 5.41) is 0. The van der Waals surface area contributed by atoms with E-state index in [0.29, 0.717) is 18.1 Å². The molecule has 0 radical (unpaired) electrons. The van der Waals surface area contributed by atoms with Crippen molar-refractivity contribution in [2.45, 2.75) is 20.4 Å². The highest BCUT2D eigenvalue weighted by molar-refractivity contribution is 6.05. The lowest BCUT2D eigenvalue weighted by atomic mass is 10.2. The highest BCUT2D eigenvalue weighted by atomic mass is 16.2. The van der Waals surface area contributed by atoms with Crippen LogP contribution < -0.4 is 9.80 Å². The van der Waals surface area contributed by atoms with Gasteiger partial charge in [0.15, 0.2) is 0 Å². The Balaban J connectivity index is 1.76. The summed E-state index contributed by atoms with van der Waals surface area (Å²) < 4.78 is 0. The number of hydrogen-bond donors (Lipinski definition) is 0. The molecule has 1 heterocycles. The smallest absolute Gasteiger partial charge is 0.261 e. The molecule has 0 bridgehead atoms. The number of carbonyl (C=O) groups excluding carboxylic acids is 1. The first-order valence-electron chi connectivity index (χ1n) is 9.20. The zero-order chi connectivity index (χ0) is 19.1. The Morgan fingerprint density at radius 2 is 1.44 bits per heavy atom. The Hall–Kier alpha value is -3.21. The molecule has 1 aromatic heterocycles. The van der Waals surface area contributed by atoms with Crippen LogP contribution in [0.2, 0.25) is 0 Å². The minimum atomic E-state index is -0.0960. The first kappa shape index (κ1) is 18.6. The fourth-order valence-corrected chi connectivity index (χ4v) is 2.93. The van der Waals surface area contributed by atoms with Crippen LogP contribution in [0, 0.1) is 0 Å². The van der Waals surface area contributed by atoms with Crippen LogP contribution in [0.3, 0.4) is 0 Å². The van der Waals surface area contributed by atoms with Gasteiger partial charge in [-0.15, -0.1) is 0 Å². The molecule has 0 aliphatic rings. The third kappa shape index (κ3) is 4.50. The van der Waals surface area contributed by atoms with Crippen molar-refractivity contribution >= 4 is 17.5 Å². The summed E-state index contributed by atoms with van der Waals surface area (Å²) >= 11 is 0. The minimum Gasteiger partial charge on any atom is -0.337 e. The SMILES string of the molecule is CCN(Cc1ccccc1)c1ncc(C(=O)N(CC)c2ccccc2)cn1. The van der Waals surface area contributed by atoms with Crippen molar-refractivity contribution in [2.24, 2.45) is 0 Å². The van der Waals surface area contributed by atoms with Crippen molar-refractivity contribution in [3.05, 3.63) is 84.2 Å². The lowest BCUT2D eigenvalue weighted by Gasteiger charge is -2.22. The second-order valence-electron chi connectivity index (χ2n) is 6.16.